The van der Waals surface area contributed by atoms with Gasteiger partial charge in [0.25, 0.3) is 5.69 Å². The fraction of sp³-hybridized carbons (Fsp3) is 0.333. The first-order valence-electron chi connectivity index (χ1n) is 9.04. The zero-order chi connectivity index (χ0) is 20.5. The molecule has 7 heteroatoms. The third-order valence-corrected chi connectivity index (χ3v) is 4.49. The van der Waals surface area contributed by atoms with Gasteiger partial charge in [-0.25, -0.2) is 0 Å². The average molecular weight is 384 g/mol. The molecule has 0 heterocycles. The molecule has 2 rings (SSSR count). The summed E-state index contributed by atoms with van der Waals surface area (Å²) in [6.07, 6.45) is 0.525. The Morgan fingerprint density at radius 3 is 2.39 bits per heavy atom. The normalized spacial score (nSPS) is 11.5. The predicted molar refractivity (Wildman–Crippen MR) is 105 cm³/mol. The van der Waals surface area contributed by atoms with Gasteiger partial charge < -0.3 is 9.64 Å². The van der Waals surface area contributed by atoms with Gasteiger partial charge >= 0.3 is 5.97 Å². The Balaban J connectivity index is 2.15. The topological polar surface area (TPSA) is 89.8 Å². The Morgan fingerprint density at radius 2 is 1.75 bits per heavy atom. The van der Waals surface area contributed by atoms with Crippen molar-refractivity contribution in [3.63, 3.8) is 0 Å². The largest absolute Gasteiger partial charge is 0.469 e. The van der Waals surface area contributed by atoms with Crippen molar-refractivity contribution in [2.75, 3.05) is 20.2 Å². The quantitative estimate of drug-likeness (QED) is 0.377. The van der Waals surface area contributed by atoms with Crippen molar-refractivity contribution in [1.82, 2.24) is 4.90 Å². The van der Waals surface area contributed by atoms with Gasteiger partial charge in [-0.05, 0) is 12.0 Å². The van der Waals surface area contributed by atoms with Crippen LogP contribution in [0.25, 0.3) is 0 Å². The zero-order valence-corrected chi connectivity index (χ0v) is 16.0. The molecule has 0 spiro atoms. The molecular weight excluding hydrogens is 360 g/mol. The standard InChI is InChI=1S/C21H24N2O5/c1-16(21(25)28-2)15-22(13-12-17-8-4-3-5-9-17)20(24)14-18-10-6-7-11-19(18)23(26)27/h3-11,16H,12-15H2,1-2H3. The molecular formula is C21H24N2O5. The Morgan fingerprint density at radius 1 is 1.11 bits per heavy atom. The number of carbonyl (C=O) groups excluding carboxylic acids is 2. The Kier molecular flexibility index (Phi) is 7.68. The number of hydrogen-bond acceptors (Lipinski definition) is 5. The van der Waals surface area contributed by atoms with E-state index in [9.17, 15) is 19.7 Å². The van der Waals surface area contributed by atoms with Gasteiger partial charge in [-0.2, -0.15) is 0 Å². The molecule has 7 nitrogen and oxygen atoms in total. The van der Waals surface area contributed by atoms with Crippen LogP contribution in [0, 0.1) is 16.0 Å². The van der Waals surface area contributed by atoms with Crippen LogP contribution in [0.5, 0.6) is 0 Å². The minimum absolute atomic E-state index is 0.0834. The number of nitro benzene ring substituents is 1. The third-order valence-electron chi connectivity index (χ3n) is 4.49. The first kappa shape index (κ1) is 21.1. The van der Waals surface area contributed by atoms with Gasteiger partial charge in [0.15, 0.2) is 0 Å². The molecule has 1 amide bonds. The molecule has 0 bridgehead atoms. The van der Waals surface area contributed by atoms with E-state index < -0.39 is 16.8 Å². The van der Waals surface area contributed by atoms with Crippen LogP contribution >= 0.6 is 0 Å². The van der Waals surface area contributed by atoms with Crippen molar-refractivity contribution in [2.24, 2.45) is 5.92 Å². The average Bonchev–Trinajstić information content (AvgIpc) is 2.71. The van der Waals surface area contributed by atoms with Crippen LogP contribution < -0.4 is 0 Å². The van der Waals surface area contributed by atoms with E-state index in [4.69, 9.17) is 4.74 Å². The second-order valence-electron chi connectivity index (χ2n) is 6.56. The number of para-hydroxylation sites is 1. The SMILES string of the molecule is COC(=O)C(C)CN(CCc1ccccc1)C(=O)Cc1ccccc1[N+](=O)[O-]. The molecule has 0 radical (unpaired) electrons. The van der Waals surface area contributed by atoms with Crippen LogP contribution in [0.15, 0.2) is 54.6 Å². The predicted octanol–water partition coefficient (Wildman–Crippen LogP) is 3.02. The van der Waals surface area contributed by atoms with Gasteiger partial charge in [0, 0.05) is 24.7 Å². The van der Waals surface area contributed by atoms with Crippen molar-refractivity contribution >= 4 is 17.6 Å². The molecule has 2 aromatic rings. The van der Waals surface area contributed by atoms with Crippen molar-refractivity contribution in [2.45, 2.75) is 19.8 Å². The molecule has 1 atom stereocenters. The number of ether oxygens (including phenoxy) is 1. The van der Waals surface area contributed by atoms with Crippen LogP contribution in [0.4, 0.5) is 5.69 Å². The lowest BCUT2D eigenvalue weighted by molar-refractivity contribution is -0.385. The van der Waals surface area contributed by atoms with Crippen molar-refractivity contribution in [3.05, 3.63) is 75.8 Å². The molecule has 0 aliphatic heterocycles. The van der Waals surface area contributed by atoms with Crippen LogP contribution in [0.2, 0.25) is 0 Å². The number of carbonyl (C=O) groups is 2. The lowest BCUT2D eigenvalue weighted by Gasteiger charge is -2.25. The van der Waals surface area contributed by atoms with E-state index in [-0.39, 0.29) is 24.6 Å². The van der Waals surface area contributed by atoms with Gasteiger partial charge in [0.05, 0.1) is 24.4 Å². The fourth-order valence-electron chi connectivity index (χ4n) is 2.95. The summed E-state index contributed by atoms with van der Waals surface area (Å²) >= 11 is 0. The van der Waals surface area contributed by atoms with Crippen molar-refractivity contribution in [1.29, 1.82) is 0 Å². The van der Waals surface area contributed by atoms with E-state index in [1.54, 1.807) is 30.0 Å². The molecule has 28 heavy (non-hydrogen) atoms. The second-order valence-corrected chi connectivity index (χ2v) is 6.56. The van der Waals surface area contributed by atoms with E-state index in [0.717, 1.165) is 5.56 Å². The summed E-state index contributed by atoms with van der Waals surface area (Å²) in [5.74, 6) is -1.15. The Hall–Kier alpha value is -3.22. The molecule has 0 N–H and O–H groups in total. The van der Waals surface area contributed by atoms with Gasteiger partial charge in [0.1, 0.15) is 0 Å². The van der Waals surface area contributed by atoms with Crippen LogP contribution in [0.1, 0.15) is 18.1 Å². The lowest BCUT2D eigenvalue weighted by Crippen LogP contribution is -2.39. The maximum Gasteiger partial charge on any atom is 0.310 e. The summed E-state index contributed by atoms with van der Waals surface area (Å²) in [5, 5.41) is 11.2. The zero-order valence-electron chi connectivity index (χ0n) is 16.0. The highest BCUT2D eigenvalue weighted by Crippen LogP contribution is 2.19. The highest BCUT2D eigenvalue weighted by Gasteiger charge is 2.24. The Labute approximate surface area is 164 Å². The van der Waals surface area contributed by atoms with Crippen LogP contribution in [0.3, 0.4) is 0 Å². The maximum absolute atomic E-state index is 12.9. The highest BCUT2D eigenvalue weighted by molar-refractivity contribution is 5.81. The molecule has 148 valence electrons. The smallest absolute Gasteiger partial charge is 0.310 e. The minimum Gasteiger partial charge on any atom is -0.469 e. The molecule has 0 fully saturated rings. The number of rotatable bonds is 9. The number of nitrogens with zero attached hydrogens (tertiary/aromatic N) is 2. The maximum atomic E-state index is 12.9. The summed E-state index contributed by atoms with van der Waals surface area (Å²) in [6.45, 7) is 2.30. The molecule has 0 aromatic heterocycles. The number of methoxy groups -OCH3 is 1. The molecule has 0 aliphatic rings. The fourth-order valence-corrected chi connectivity index (χ4v) is 2.95. The Bertz CT molecular complexity index is 823. The molecule has 0 saturated carbocycles. The second kappa shape index (κ2) is 10.2. The van der Waals surface area contributed by atoms with Crippen molar-refractivity contribution in [3.8, 4) is 0 Å². The van der Waals surface area contributed by atoms with Gasteiger partial charge in [-0.1, -0.05) is 55.5 Å². The monoisotopic (exact) mass is 384 g/mol. The number of amides is 1. The number of nitro groups is 1. The summed E-state index contributed by atoms with van der Waals surface area (Å²) < 4.78 is 4.76. The van der Waals surface area contributed by atoms with E-state index in [2.05, 4.69) is 0 Å². The highest BCUT2D eigenvalue weighted by atomic mass is 16.6. The number of benzene rings is 2. The van der Waals surface area contributed by atoms with Crippen LogP contribution in [-0.2, 0) is 27.2 Å². The van der Waals surface area contributed by atoms with E-state index in [0.29, 0.717) is 18.5 Å². The first-order valence-corrected chi connectivity index (χ1v) is 9.04. The summed E-state index contributed by atoms with van der Waals surface area (Å²) in [5.41, 5.74) is 1.34. The molecule has 0 saturated heterocycles. The van der Waals surface area contributed by atoms with Gasteiger partial charge in [0.2, 0.25) is 5.91 Å². The third kappa shape index (κ3) is 5.90. The van der Waals surface area contributed by atoms with E-state index >= 15 is 0 Å². The van der Waals surface area contributed by atoms with Gasteiger partial charge in [-0.15, -0.1) is 0 Å². The van der Waals surface area contributed by atoms with E-state index in [1.165, 1.54) is 13.2 Å². The summed E-state index contributed by atoms with van der Waals surface area (Å²) in [4.78, 5) is 37.0. The number of esters is 1. The molecule has 0 aliphatic carbocycles. The van der Waals surface area contributed by atoms with Crippen molar-refractivity contribution < 1.29 is 19.2 Å². The van der Waals surface area contributed by atoms with Crippen LogP contribution in [-0.4, -0.2) is 41.9 Å². The molecule has 1 unspecified atom stereocenters. The number of hydrogen-bond donors (Lipinski definition) is 0. The lowest BCUT2D eigenvalue weighted by atomic mass is 10.1. The van der Waals surface area contributed by atoms with E-state index in [1.807, 2.05) is 30.3 Å². The summed E-state index contributed by atoms with van der Waals surface area (Å²) in [6, 6.07) is 15.9. The van der Waals surface area contributed by atoms with Gasteiger partial charge in [-0.3, -0.25) is 19.7 Å². The minimum atomic E-state index is -0.492. The summed E-state index contributed by atoms with van der Waals surface area (Å²) in [7, 11) is 1.31. The molecule has 2 aromatic carbocycles. The first-order chi connectivity index (χ1) is 13.4.